The van der Waals surface area contributed by atoms with Crippen LogP contribution in [0.25, 0.3) is 0 Å². The molecular formula is C21H36IN5. The molecule has 6 heteroatoms. The fourth-order valence-corrected chi connectivity index (χ4v) is 3.82. The van der Waals surface area contributed by atoms with Gasteiger partial charge in [-0.2, -0.15) is 0 Å². The monoisotopic (exact) mass is 485 g/mol. The summed E-state index contributed by atoms with van der Waals surface area (Å²) in [6.45, 7) is 8.85. The summed E-state index contributed by atoms with van der Waals surface area (Å²) in [4.78, 5) is 9.54. The SMILES string of the molecule is CCN(CCNC(=NC)NC1CCN(Cc2ccccc2)CC1)C1CC1.I. The summed E-state index contributed by atoms with van der Waals surface area (Å²) < 4.78 is 0. The van der Waals surface area contributed by atoms with Crippen molar-refractivity contribution in [3.8, 4) is 0 Å². The number of nitrogens with zero attached hydrogens (tertiary/aromatic N) is 3. The van der Waals surface area contributed by atoms with Crippen LogP contribution in [0, 0.1) is 0 Å². The van der Waals surface area contributed by atoms with Crippen molar-refractivity contribution in [2.45, 2.75) is 51.2 Å². The fourth-order valence-electron chi connectivity index (χ4n) is 3.82. The van der Waals surface area contributed by atoms with Crippen molar-refractivity contribution in [2.75, 3.05) is 39.8 Å². The Bertz CT molecular complexity index is 553. The highest BCUT2D eigenvalue weighted by Gasteiger charge is 2.27. The summed E-state index contributed by atoms with van der Waals surface area (Å²) in [6.07, 6.45) is 5.11. The van der Waals surface area contributed by atoms with Gasteiger partial charge in [0.25, 0.3) is 0 Å². The van der Waals surface area contributed by atoms with Gasteiger partial charge in [0, 0.05) is 51.9 Å². The van der Waals surface area contributed by atoms with Crippen LogP contribution in [0.15, 0.2) is 35.3 Å². The first-order valence-electron chi connectivity index (χ1n) is 10.3. The minimum absolute atomic E-state index is 0. The second-order valence-electron chi connectivity index (χ2n) is 7.54. The van der Waals surface area contributed by atoms with E-state index in [4.69, 9.17) is 0 Å². The van der Waals surface area contributed by atoms with E-state index in [0.717, 1.165) is 51.3 Å². The molecule has 2 aliphatic rings. The first-order valence-corrected chi connectivity index (χ1v) is 10.3. The molecule has 1 saturated carbocycles. The van der Waals surface area contributed by atoms with Crippen molar-refractivity contribution < 1.29 is 0 Å². The lowest BCUT2D eigenvalue weighted by Gasteiger charge is -2.33. The van der Waals surface area contributed by atoms with Gasteiger partial charge < -0.3 is 10.6 Å². The van der Waals surface area contributed by atoms with Crippen molar-refractivity contribution in [1.82, 2.24) is 20.4 Å². The molecule has 0 bridgehead atoms. The molecule has 27 heavy (non-hydrogen) atoms. The normalized spacial score (nSPS) is 19.0. The van der Waals surface area contributed by atoms with E-state index in [1.54, 1.807) is 0 Å². The largest absolute Gasteiger partial charge is 0.355 e. The summed E-state index contributed by atoms with van der Waals surface area (Å²) in [6, 6.07) is 12.1. The van der Waals surface area contributed by atoms with Gasteiger partial charge >= 0.3 is 0 Å². The van der Waals surface area contributed by atoms with Crippen molar-refractivity contribution in [3.05, 3.63) is 35.9 Å². The van der Waals surface area contributed by atoms with Gasteiger partial charge in [0.15, 0.2) is 5.96 Å². The topological polar surface area (TPSA) is 42.9 Å². The van der Waals surface area contributed by atoms with E-state index in [1.165, 1.54) is 31.2 Å². The molecule has 0 spiro atoms. The summed E-state index contributed by atoms with van der Waals surface area (Å²) in [5, 5.41) is 7.12. The van der Waals surface area contributed by atoms with E-state index in [-0.39, 0.29) is 24.0 Å². The van der Waals surface area contributed by atoms with Crippen molar-refractivity contribution in [2.24, 2.45) is 4.99 Å². The number of likely N-dealkylation sites (N-methyl/N-ethyl adjacent to an activating group) is 1. The molecule has 1 saturated heterocycles. The van der Waals surface area contributed by atoms with Gasteiger partial charge in [0.2, 0.25) is 0 Å². The minimum Gasteiger partial charge on any atom is -0.355 e. The Hall–Kier alpha value is -0.860. The van der Waals surface area contributed by atoms with Crippen LogP contribution in [0.4, 0.5) is 0 Å². The Morgan fingerprint density at radius 1 is 1.15 bits per heavy atom. The molecule has 0 radical (unpaired) electrons. The molecule has 1 heterocycles. The third-order valence-electron chi connectivity index (χ3n) is 5.56. The van der Waals surface area contributed by atoms with Crippen molar-refractivity contribution >= 4 is 29.9 Å². The van der Waals surface area contributed by atoms with Crippen LogP contribution < -0.4 is 10.6 Å². The quantitative estimate of drug-likeness (QED) is 0.338. The highest BCUT2D eigenvalue weighted by atomic mass is 127. The summed E-state index contributed by atoms with van der Waals surface area (Å²) in [5.74, 6) is 0.957. The highest BCUT2D eigenvalue weighted by Crippen LogP contribution is 2.25. The minimum atomic E-state index is 0. The number of guanidine groups is 1. The van der Waals surface area contributed by atoms with Crippen LogP contribution in [0.2, 0.25) is 0 Å². The number of aliphatic imine (C=N–C) groups is 1. The number of hydrogen-bond acceptors (Lipinski definition) is 3. The first kappa shape index (κ1) is 22.4. The molecule has 1 aliphatic carbocycles. The third-order valence-corrected chi connectivity index (χ3v) is 5.56. The molecule has 3 rings (SSSR count). The van der Waals surface area contributed by atoms with Gasteiger partial charge in [-0.25, -0.2) is 0 Å². The molecule has 0 atom stereocenters. The Morgan fingerprint density at radius 2 is 1.85 bits per heavy atom. The second kappa shape index (κ2) is 11.9. The van der Waals surface area contributed by atoms with E-state index in [2.05, 4.69) is 62.7 Å². The lowest BCUT2D eigenvalue weighted by Crippen LogP contribution is -2.49. The van der Waals surface area contributed by atoms with Gasteiger partial charge in [0.1, 0.15) is 0 Å². The Morgan fingerprint density at radius 3 is 2.44 bits per heavy atom. The number of halogens is 1. The zero-order chi connectivity index (χ0) is 18.2. The molecule has 1 aromatic carbocycles. The van der Waals surface area contributed by atoms with E-state index in [1.807, 2.05) is 7.05 Å². The van der Waals surface area contributed by atoms with Crippen LogP contribution in [-0.2, 0) is 6.54 Å². The van der Waals surface area contributed by atoms with Crippen molar-refractivity contribution in [1.29, 1.82) is 0 Å². The predicted octanol–water partition coefficient (Wildman–Crippen LogP) is 2.92. The van der Waals surface area contributed by atoms with Gasteiger partial charge in [-0.1, -0.05) is 37.3 Å². The Kier molecular flexibility index (Phi) is 9.86. The molecule has 2 fully saturated rings. The second-order valence-corrected chi connectivity index (χ2v) is 7.54. The molecule has 152 valence electrons. The van der Waals surface area contributed by atoms with Gasteiger partial charge in [-0.15, -0.1) is 24.0 Å². The van der Waals surface area contributed by atoms with E-state index in [0.29, 0.717) is 6.04 Å². The van der Waals surface area contributed by atoms with Crippen LogP contribution in [-0.4, -0.2) is 67.6 Å². The van der Waals surface area contributed by atoms with E-state index < -0.39 is 0 Å². The number of piperidine rings is 1. The standard InChI is InChI=1S/C21H35N5.HI/c1-3-26(20-9-10-20)16-13-23-21(22-2)24-19-11-14-25(15-12-19)17-18-7-5-4-6-8-18;/h4-8,19-20H,3,9-17H2,1-2H3,(H2,22,23,24);1H. The molecule has 0 amide bonds. The summed E-state index contributed by atoms with van der Waals surface area (Å²) in [7, 11) is 1.87. The Labute approximate surface area is 182 Å². The zero-order valence-corrected chi connectivity index (χ0v) is 19.2. The molecule has 0 unspecified atom stereocenters. The molecule has 1 aliphatic heterocycles. The molecule has 5 nitrogen and oxygen atoms in total. The maximum atomic E-state index is 4.41. The summed E-state index contributed by atoms with van der Waals surface area (Å²) >= 11 is 0. The smallest absolute Gasteiger partial charge is 0.191 e. The fraction of sp³-hybridized carbons (Fsp3) is 0.667. The van der Waals surface area contributed by atoms with Crippen LogP contribution in [0.5, 0.6) is 0 Å². The third kappa shape index (κ3) is 7.58. The molecular weight excluding hydrogens is 449 g/mol. The van der Waals surface area contributed by atoms with E-state index in [9.17, 15) is 0 Å². The average Bonchev–Trinajstić information content (AvgIpc) is 3.51. The zero-order valence-electron chi connectivity index (χ0n) is 16.9. The average molecular weight is 485 g/mol. The number of hydrogen-bond donors (Lipinski definition) is 2. The summed E-state index contributed by atoms with van der Waals surface area (Å²) in [5.41, 5.74) is 1.41. The highest BCUT2D eigenvalue weighted by molar-refractivity contribution is 14.0. The van der Waals surface area contributed by atoms with Crippen LogP contribution in [0.3, 0.4) is 0 Å². The number of rotatable bonds is 8. The first-order chi connectivity index (χ1) is 12.8. The molecule has 0 aromatic heterocycles. The lowest BCUT2D eigenvalue weighted by atomic mass is 10.0. The van der Waals surface area contributed by atoms with Crippen LogP contribution >= 0.6 is 24.0 Å². The maximum Gasteiger partial charge on any atom is 0.191 e. The Balaban J connectivity index is 0.00000261. The van der Waals surface area contributed by atoms with Crippen molar-refractivity contribution in [3.63, 3.8) is 0 Å². The number of benzene rings is 1. The van der Waals surface area contributed by atoms with Crippen LogP contribution in [0.1, 0.15) is 38.2 Å². The molecule has 2 N–H and O–H groups in total. The van der Waals surface area contributed by atoms with Gasteiger partial charge in [-0.3, -0.25) is 14.8 Å². The number of nitrogens with one attached hydrogen (secondary N) is 2. The predicted molar refractivity (Wildman–Crippen MR) is 125 cm³/mol. The number of likely N-dealkylation sites (tertiary alicyclic amines) is 1. The van der Waals surface area contributed by atoms with Gasteiger partial charge in [0.05, 0.1) is 0 Å². The lowest BCUT2D eigenvalue weighted by molar-refractivity contribution is 0.198. The molecule has 1 aromatic rings. The van der Waals surface area contributed by atoms with E-state index >= 15 is 0 Å². The maximum absolute atomic E-state index is 4.41. The van der Waals surface area contributed by atoms with Gasteiger partial charge in [-0.05, 0) is 37.8 Å².